The molecule has 3 aromatic heterocycles. The lowest BCUT2D eigenvalue weighted by Gasteiger charge is -2.24. The molecule has 0 aliphatic heterocycles. The minimum Gasteiger partial charge on any atom is -0.310 e. The van der Waals surface area contributed by atoms with Crippen molar-refractivity contribution in [3.63, 3.8) is 0 Å². The predicted octanol–water partition coefficient (Wildman–Crippen LogP) is 5.74. The van der Waals surface area contributed by atoms with Crippen LogP contribution >= 0.6 is 0 Å². The fourth-order valence-corrected chi connectivity index (χ4v) is 5.35. The van der Waals surface area contributed by atoms with Crippen molar-refractivity contribution in [2.75, 3.05) is 0 Å². The fraction of sp³-hybridized carbons (Fsp3) is 0.536. The molecule has 0 bridgehead atoms. The van der Waals surface area contributed by atoms with Gasteiger partial charge in [0.15, 0.2) is 11.6 Å². The number of benzene rings is 1. The Morgan fingerprint density at radius 2 is 1.67 bits per heavy atom. The normalized spacial score (nSPS) is 14.8. The molecule has 0 spiro atoms. The van der Waals surface area contributed by atoms with Crippen LogP contribution in [0.15, 0.2) is 36.4 Å². The third kappa shape index (κ3) is 5.42. The van der Waals surface area contributed by atoms with Crippen LogP contribution < -0.4 is 0 Å². The number of nitrogens with one attached hydrogen (secondary N) is 1. The first-order valence-electron chi connectivity index (χ1n) is 13.5. The molecule has 3 heterocycles. The zero-order valence-electron chi connectivity index (χ0n) is 22.0. The standard InChI is InChI=1S/C28H38N8/c1-19(2)16-26-29-27(17-20(3)4)35(32-26)18-21-10-12-23(13-11-21)36-24(22-8-6-5-7-9-22)14-15-25(36)28-30-33-34-31-28/h10-15,19-20,22H,5-9,16-18H2,1-4H3,(H,30,31,33,34). The minimum absolute atomic E-state index is 0.540. The van der Waals surface area contributed by atoms with Gasteiger partial charge in [0.25, 0.3) is 0 Å². The fourth-order valence-electron chi connectivity index (χ4n) is 5.35. The second kappa shape index (κ2) is 10.8. The van der Waals surface area contributed by atoms with Crippen LogP contribution in [0.25, 0.3) is 17.2 Å². The van der Waals surface area contributed by atoms with Gasteiger partial charge in [-0.25, -0.2) is 14.8 Å². The smallest absolute Gasteiger partial charge is 0.196 e. The van der Waals surface area contributed by atoms with Crippen LogP contribution in [0.5, 0.6) is 0 Å². The van der Waals surface area contributed by atoms with Crippen LogP contribution in [0, 0.1) is 11.8 Å². The average Bonchev–Trinajstić information content (AvgIpc) is 3.60. The van der Waals surface area contributed by atoms with Crippen LogP contribution in [0.2, 0.25) is 0 Å². The topological polar surface area (TPSA) is 90.1 Å². The molecule has 8 nitrogen and oxygen atoms in total. The van der Waals surface area contributed by atoms with Crippen LogP contribution in [0.3, 0.4) is 0 Å². The van der Waals surface area contributed by atoms with E-state index >= 15 is 0 Å². The lowest BCUT2D eigenvalue weighted by Crippen LogP contribution is -2.12. The van der Waals surface area contributed by atoms with E-state index in [1.54, 1.807) is 0 Å². The summed E-state index contributed by atoms with van der Waals surface area (Å²) in [6.07, 6.45) is 8.25. The van der Waals surface area contributed by atoms with Gasteiger partial charge in [0.2, 0.25) is 0 Å². The quantitative estimate of drug-likeness (QED) is 0.326. The number of H-pyrrole nitrogens is 1. The van der Waals surface area contributed by atoms with Crippen molar-refractivity contribution in [1.82, 2.24) is 40.0 Å². The molecule has 4 aromatic rings. The van der Waals surface area contributed by atoms with Crippen LogP contribution in [-0.4, -0.2) is 40.0 Å². The second-order valence-electron chi connectivity index (χ2n) is 11.0. The van der Waals surface area contributed by atoms with E-state index in [9.17, 15) is 0 Å². The molecule has 1 fully saturated rings. The van der Waals surface area contributed by atoms with Gasteiger partial charge in [-0.3, -0.25) is 0 Å². The number of aromatic amines is 1. The number of aromatic nitrogens is 8. The predicted molar refractivity (Wildman–Crippen MR) is 141 cm³/mol. The van der Waals surface area contributed by atoms with Crippen LogP contribution in [0.4, 0.5) is 0 Å². The summed E-state index contributed by atoms with van der Waals surface area (Å²) in [4.78, 5) is 4.87. The lowest BCUT2D eigenvalue weighted by atomic mass is 9.87. The SMILES string of the molecule is CC(C)Cc1nc(CC(C)C)n(Cc2ccc(-n3c(-c4nnn[nH]4)ccc3C3CCCCC3)cc2)n1. The molecule has 5 rings (SSSR count). The monoisotopic (exact) mass is 486 g/mol. The molecule has 0 amide bonds. The Morgan fingerprint density at radius 1 is 0.917 bits per heavy atom. The highest BCUT2D eigenvalue weighted by molar-refractivity contribution is 5.57. The Balaban J connectivity index is 1.44. The van der Waals surface area contributed by atoms with Gasteiger partial charge in [0.05, 0.1) is 12.2 Å². The third-order valence-corrected chi connectivity index (χ3v) is 7.02. The number of hydrogen-bond donors (Lipinski definition) is 1. The van der Waals surface area contributed by atoms with Crippen molar-refractivity contribution in [2.24, 2.45) is 11.8 Å². The maximum Gasteiger partial charge on any atom is 0.196 e. The van der Waals surface area contributed by atoms with Crippen molar-refractivity contribution in [3.8, 4) is 17.2 Å². The Hall–Kier alpha value is -3.29. The zero-order valence-corrected chi connectivity index (χ0v) is 22.0. The summed E-state index contributed by atoms with van der Waals surface area (Å²) in [6.45, 7) is 9.63. The van der Waals surface area contributed by atoms with Gasteiger partial charge in [-0.15, -0.1) is 5.10 Å². The molecular formula is C28H38N8. The van der Waals surface area contributed by atoms with Crippen molar-refractivity contribution in [2.45, 2.75) is 85.1 Å². The molecule has 1 aromatic carbocycles. The summed E-state index contributed by atoms with van der Waals surface area (Å²) < 4.78 is 4.43. The molecule has 1 aliphatic rings. The molecule has 1 aliphatic carbocycles. The van der Waals surface area contributed by atoms with Gasteiger partial charge in [0, 0.05) is 24.2 Å². The highest BCUT2D eigenvalue weighted by atomic mass is 15.5. The molecule has 0 unspecified atom stereocenters. The number of rotatable bonds is 9. The lowest BCUT2D eigenvalue weighted by molar-refractivity contribution is 0.433. The Morgan fingerprint density at radius 3 is 2.33 bits per heavy atom. The first-order valence-corrected chi connectivity index (χ1v) is 13.5. The Bertz CT molecular complexity index is 1240. The number of nitrogens with zero attached hydrogens (tertiary/aromatic N) is 7. The molecule has 0 radical (unpaired) electrons. The molecule has 36 heavy (non-hydrogen) atoms. The van der Waals surface area contributed by atoms with E-state index in [1.165, 1.54) is 43.4 Å². The number of hydrogen-bond acceptors (Lipinski definition) is 5. The minimum atomic E-state index is 0.540. The van der Waals surface area contributed by atoms with Gasteiger partial charge in [-0.1, -0.05) is 59.1 Å². The molecule has 1 N–H and O–H groups in total. The van der Waals surface area contributed by atoms with Gasteiger partial charge >= 0.3 is 0 Å². The second-order valence-corrected chi connectivity index (χ2v) is 11.0. The maximum atomic E-state index is 4.87. The Labute approximate surface area is 213 Å². The highest BCUT2D eigenvalue weighted by Gasteiger charge is 2.23. The molecule has 0 atom stereocenters. The molecule has 0 saturated heterocycles. The highest BCUT2D eigenvalue weighted by Crippen LogP contribution is 2.37. The first-order chi connectivity index (χ1) is 17.5. The van der Waals surface area contributed by atoms with Crippen LogP contribution in [-0.2, 0) is 19.4 Å². The average molecular weight is 487 g/mol. The molecule has 190 valence electrons. The van der Waals surface area contributed by atoms with E-state index in [-0.39, 0.29) is 0 Å². The number of tetrazole rings is 1. The van der Waals surface area contributed by atoms with Gasteiger partial charge < -0.3 is 4.57 Å². The van der Waals surface area contributed by atoms with Gasteiger partial charge in [-0.05, 0) is 70.9 Å². The van der Waals surface area contributed by atoms with Crippen molar-refractivity contribution in [1.29, 1.82) is 0 Å². The van der Waals surface area contributed by atoms with Crippen molar-refractivity contribution < 1.29 is 0 Å². The summed E-state index contributed by atoms with van der Waals surface area (Å²) >= 11 is 0. The van der Waals surface area contributed by atoms with E-state index < -0.39 is 0 Å². The van der Waals surface area contributed by atoms with Crippen molar-refractivity contribution >= 4 is 0 Å². The van der Waals surface area contributed by atoms with E-state index in [0.29, 0.717) is 23.6 Å². The van der Waals surface area contributed by atoms with Gasteiger partial charge in [0.1, 0.15) is 5.82 Å². The summed E-state index contributed by atoms with van der Waals surface area (Å²) in [5.74, 6) is 4.37. The molecule has 8 heteroatoms. The van der Waals surface area contributed by atoms with E-state index in [0.717, 1.165) is 42.4 Å². The zero-order chi connectivity index (χ0) is 25.1. The van der Waals surface area contributed by atoms with E-state index in [4.69, 9.17) is 10.1 Å². The van der Waals surface area contributed by atoms with Crippen LogP contribution in [0.1, 0.15) is 88.6 Å². The summed E-state index contributed by atoms with van der Waals surface area (Å²) in [5.41, 5.74) is 4.71. The first kappa shape index (κ1) is 24.4. The van der Waals surface area contributed by atoms with E-state index in [2.05, 4.69) is 94.0 Å². The maximum absolute atomic E-state index is 4.87. The largest absolute Gasteiger partial charge is 0.310 e. The molecule has 1 saturated carbocycles. The summed E-state index contributed by atoms with van der Waals surface area (Å²) in [6, 6.07) is 13.2. The Kier molecular flexibility index (Phi) is 7.30. The summed E-state index contributed by atoms with van der Waals surface area (Å²) in [5, 5.41) is 19.7. The summed E-state index contributed by atoms with van der Waals surface area (Å²) in [7, 11) is 0. The van der Waals surface area contributed by atoms with E-state index in [1.807, 2.05) is 0 Å². The van der Waals surface area contributed by atoms with Gasteiger partial charge in [-0.2, -0.15) is 5.10 Å². The van der Waals surface area contributed by atoms with Crippen molar-refractivity contribution in [3.05, 3.63) is 59.3 Å². The molecular weight excluding hydrogens is 448 g/mol. The third-order valence-electron chi connectivity index (χ3n) is 7.02.